The predicted molar refractivity (Wildman–Crippen MR) is 76.6 cm³/mol. The zero-order chi connectivity index (χ0) is 13.8. The van der Waals surface area contributed by atoms with Gasteiger partial charge in [0.2, 0.25) is 0 Å². The molecule has 0 atom stereocenters. The first kappa shape index (κ1) is 13.4. The van der Waals surface area contributed by atoms with E-state index in [1.54, 1.807) is 13.0 Å². The van der Waals surface area contributed by atoms with E-state index < -0.39 is 4.92 Å². The molecule has 0 spiro atoms. The van der Waals surface area contributed by atoms with Gasteiger partial charge in [0, 0.05) is 17.6 Å². The highest BCUT2D eigenvalue weighted by Gasteiger charge is 2.17. The van der Waals surface area contributed by atoms with E-state index in [0.29, 0.717) is 22.8 Å². The zero-order valence-electron chi connectivity index (χ0n) is 10.4. The molecule has 0 aliphatic carbocycles. The van der Waals surface area contributed by atoms with Crippen molar-refractivity contribution in [2.45, 2.75) is 13.5 Å². The summed E-state index contributed by atoms with van der Waals surface area (Å²) in [6, 6.07) is 12.7. The van der Waals surface area contributed by atoms with Crippen molar-refractivity contribution < 1.29 is 4.92 Å². The van der Waals surface area contributed by atoms with E-state index in [4.69, 9.17) is 11.6 Å². The minimum Gasteiger partial charge on any atom is -0.375 e. The van der Waals surface area contributed by atoms with Gasteiger partial charge in [-0.05, 0) is 24.1 Å². The highest BCUT2D eigenvalue weighted by molar-refractivity contribution is 6.31. The van der Waals surface area contributed by atoms with Crippen molar-refractivity contribution in [1.29, 1.82) is 0 Å². The first-order chi connectivity index (χ1) is 9.09. The molecule has 0 aliphatic heterocycles. The summed E-state index contributed by atoms with van der Waals surface area (Å²) in [5, 5.41) is 14.6. The van der Waals surface area contributed by atoms with Gasteiger partial charge in [0.25, 0.3) is 5.69 Å². The molecule has 0 heterocycles. The fourth-order valence-corrected chi connectivity index (χ4v) is 1.99. The lowest BCUT2D eigenvalue weighted by molar-refractivity contribution is -0.384. The first-order valence-corrected chi connectivity index (χ1v) is 6.18. The van der Waals surface area contributed by atoms with Crippen molar-refractivity contribution in [2.24, 2.45) is 0 Å². The molecule has 5 heteroatoms. The third kappa shape index (κ3) is 3.03. The summed E-state index contributed by atoms with van der Waals surface area (Å²) < 4.78 is 0. The van der Waals surface area contributed by atoms with Crippen LogP contribution in [0.1, 0.15) is 11.1 Å². The molecule has 0 saturated heterocycles. The van der Waals surface area contributed by atoms with Crippen LogP contribution in [-0.4, -0.2) is 4.92 Å². The largest absolute Gasteiger partial charge is 0.375 e. The minimum atomic E-state index is -0.406. The van der Waals surface area contributed by atoms with Crippen LogP contribution in [0.15, 0.2) is 42.5 Å². The van der Waals surface area contributed by atoms with Crippen molar-refractivity contribution in [2.75, 3.05) is 5.32 Å². The van der Waals surface area contributed by atoms with Crippen LogP contribution in [0.25, 0.3) is 0 Å². The number of benzene rings is 2. The van der Waals surface area contributed by atoms with Crippen LogP contribution in [0.5, 0.6) is 0 Å². The Morgan fingerprint density at radius 3 is 2.53 bits per heavy atom. The smallest absolute Gasteiger partial charge is 0.292 e. The molecular weight excluding hydrogens is 264 g/mol. The summed E-state index contributed by atoms with van der Waals surface area (Å²) in [7, 11) is 0. The van der Waals surface area contributed by atoms with Crippen molar-refractivity contribution in [1.82, 2.24) is 0 Å². The number of hydrogen-bond donors (Lipinski definition) is 1. The Bertz CT molecular complexity index is 600. The van der Waals surface area contributed by atoms with Gasteiger partial charge in [0.05, 0.1) is 4.92 Å². The number of nitro benzene ring substituents is 1. The third-order valence-electron chi connectivity index (χ3n) is 2.89. The summed E-state index contributed by atoms with van der Waals surface area (Å²) in [6.45, 7) is 2.28. The average Bonchev–Trinajstić information content (AvgIpc) is 2.41. The maximum Gasteiger partial charge on any atom is 0.292 e. The molecule has 0 bridgehead atoms. The van der Waals surface area contributed by atoms with E-state index >= 15 is 0 Å². The number of hydrogen-bond acceptors (Lipinski definition) is 3. The van der Waals surface area contributed by atoms with Crippen LogP contribution in [0, 0.1) is 17.0 Å². The average molecular weight is 277 g/mol. The Hall–Kier alpha value is -2.07. The highest BCUT2D eigenvalue weighted by Crippen LogP contribution is 2.33. The number of anilines is 1. The molecular formula is C14H13ClN2O2. The van der Waals surface area contributed by atoms with Crippen LogP contribution in [0.3, 0.4) is 0 Å². The van der Waals surface area contributed by atoms with E-state index in [1.807, 2.05) is 30.3 Å². The molecule has 0 aromatic heterocycles. The van der Waals surface area contributed by atoms with Gasteiger partial charge >= 0.3 is 0 Å². The molecule has 4 nitrogen and oxygen atoms in total. The first-order valence-electron chi connectivity index (χ1n) is 5.81. The Balaban J connectivity index is 2.28. The topological polar surface area (TPSA) is 55.2 Å². The lowest BCUT2D eigenvalue weighted by Crippen LogP contribution is -2.04. The molecule has 0 unspecified atom stereocenters. The molecule has 98 valence electrons. The molecule has 0 amide bonds. The van der Waals surface area contributed by atoms with Gasteiger partial charge in [-0.1, -0.05) is 41.9 Å². The van der Waals surface area contributed by atoms with Crippen molar-refractivity contribution in [3.8, 4) is 0 Å². The fourth-order valence-electron chi connectivity index (χ4n) is 1.83. The van der Waals surface area contributed by atoms with Gasteiger partial charge in [0.1, 0.15) is 5.69 Å². The number of rotatable bonds is 4. The highest BCUT2D eigenvalue weighted by atomic mass is 35.5. The Morgan fingerprint density at radius 1 is 1.21 bits per heavy atom. The summed E-state index contributed by atoms with van der Waals surface area (Å²) in [5.41, 5.74) is 2.25. The van der Waals surface area contributed by atoms with Crippen LogP contribution >= 0.6 is 11.6 Å². The Kier molecular flexibility index (Phi) is 4.02. The summed E-state index contributed by atoms with van der Waals surface area (Å²) in [6.07, 6.45) is 0. The van der Waals surface area contributed by atoms with E-state index in [9.17, 15) is 10.1 Å². The molecule has 0 fully saturated rings. The standard InChI is InChI=1S/C14H13ClN2O2/c1-10-12(15)7-8-13(17(18)19)14(10)16-9-11-5-3-2-4-6-11/h2-8,16H,9H2,1H3. The third-order valence-corrected chi connectivity index (χ3v) is 3.30. The molecule has 2 aromatic carbocycles. The van der Waals surface area contributed by atoms with Gasteiger partial charge in [-0.3, -0.25) is 10.1 Å². The fraction of sp³-hybridized carbons (Fsp3) is 0.143. The summed E-state index contributed by atoms with van der Waals surface area (Å²) in [4.78, 5) is 10.6. The molecule has 19 heavy (non-hydrogen) atoms. The van der Waals surface area contributed by atoms with E-state index in [-0.39, 0.29) is 5.69 Å². The quantitative estimate of drug-likeness (QED) is 0.673. The van der Waals surface area contributed by atoms with E-state index in [2.05, 4.69) is 5.32 Å². The van der Waals surface area contributed by atoms with E-state index in [0.717, 1.165) is 5.56 Å². The second kappa shape index (κ2) is 5.71. The van der Waals surface area contributed by atoms with Gasteiger partial charge < -0.3 is 5.32 Å². The van der Waals surface area contributed by atoms with Gasteiger partial charge in [-0.2, -0.15) is 0 Å². The summed E-state index contributed by atoms with van der Waals surface area (Å²) >= 11 is 6.01. The maximum atomic E-state index is 11.0. The molecule has 2 aromatic rings. The van der Waals surface area contributed by atoms with Crippen LogP contribution in [0.2, 0.25) is 5.02 Å². The Labute approximate surface area is 116 Å². The van der Waals surface area contributed by atoms with Crippen LogP contribution < -0.4 is 5.32 Å². The molecule has 2 rings (SSSR count). The number of halogens is 1. The Morgan fingerprint density at radius 2 is 1.89 bits per heavy atom. The molecule has 1 N–H and O–H groups in total. The van der Waals surface area contributed by atoms with E-state index in [1.165, 1.54) is 6.07 Å². The second-order valence-electron chi connectivity index (χ2n) is 4.16. The number of nitrogens with one attached hydrogen (secondary N) is 1. The van der Waals surface area contributed by atoms with Gasteiger partial charge in [0.15, 0.2) is 0 Å². The monoisotopic (exact) mass is 276 g/mol. The van der Waals surface area contributed by atoms with Crippen molar-refractivity contribution in [3.63, 3.8) is 0 Å². The van der Waals surface area contributed by atoms with Crippen molar-refractivity contribution in [3.05, 3.63) is 68.7 Å². The van der Waals surface area contributed by atoms with Gasteiger partial charge in [-0.25, -0.2) is 0 Å². The normalized spacial score (nSPS) is 10.2. The maximum absolute atomic E-state index is 11.0. The molecule has 0 radical (unpaired) electrons. The second-order valence-corrected chi connectivity index (χ2v) is 4.57. The summed E-state index contributed by atoms with van der Waals surface area (Å²) in [5.74, 6) is 0. The van der Waals surface area contributed by atoms with Crippen LogP contribution in [0.4, 0.5) is 11.4 Å². The van der Waals surface area contributed by atoms with Crippen molar-refractivity contribution >= 4 is 23.0 Å². The van der Waals surface area contributed by atoms with Gasteiger partial charge in [-0.15, -0.1) is 0 Å². The lowest BCUT2D eigenvalue weighted by atomic mass is 10.1. The number of nitro groups is 1. The zero-order valence-corrected chi connectivity index (χ0v) is 11.1. The SMILES string of the molecule is Cc1c(Cl)ccc([N+](=O)[O-])c1NCc1ccccc1. The number of nitrogens with zero attached hydrogens (tertiary/aromatic N) is 1. The van der Waals surface area contributed by atoms with Crippen LogP contribution in [-0.2, 0) is 6.54 Å². The minimum absolute atomic E-state index is 0.0397. The predicted octanol–water partition coefficient (Wildman–Crippen LogP) is 4.17. The lowest BCUT2D eigenvalue weighted by Gasteiger charge is -2.11. The molecule has 0 aliphatic rings. The molecule has 0 saturated carbocycles.